The largest absolute Gasteiger partial charge is 0.475 e. The molecule has 3 N–H and O–H groups in total. The van der Waals surface area contributed by atoms with Gasteiger partial charge in [-0.05, 0) is 18.6 Å². The molecule has 1 fully saturated rings. The molecule has 1 aliphatic rings. The summed E-state index contributed by atoms with van der Waals surface area (Å²) in [6.07, 6.45) is 0.937. The Morgan fingerprint density at radius 3 is 2.76 bits per heavy atom. The second kappa shape index (κ2) is 12.1. The van der Waals surface area contributed by atoms with Gasteiger partial charge in [-0.1, -0.05) is 37.6 Å². The van der Waals surface area contributed by atoms with Crippen LogP contribution in [0.4, 0.5) is 4.39 Å². The van der Waals surface area contributed by atoms with Gasteiger partial charge in [-0.2, -0.15) is 0 Å². The van der Waals surface area contributed by atoms with Crippen LogP contribution in [0.1, 0.15) is 56.1 Å². The number of rotatable bonds is 10. The second-order valence-corrected chi connectivity index (χ2v) is 8.61. The van der Waals surface area contributed by atoms with Crippen LogP contribution in [0.15, 0.2) is 30.5 Å². The summed E-state index contributed by atoms with van der Waals surface area (Å²) in [4.78, 5) is 28.6. The fourth-order valence-electron chi connectivity index (χ4n) is 3.51. The number of nitrogens with zero attached hydrogens (tertiary/aromatic N) is 1. The van der Waals surface area contributed by atoms with Crippen molar-refractivity contribution in [2.75, 3.05) is 19.8 Å². The van der Waals surface area contributed by atoms with Crippen molar-refractivity contribution in [2.24, 2.45) is 5.92 Å². The number of carbonyl (C=O) groups is 2. The highest BCUT2D eigenvalue weighted by Gasteiger charge is 2.31. The summed E-state index contributed by atoms with van der Waals surface area (Å²) in [5.74, 6) is -0.778. The number of ether oxygens (including phenoxy) is 2. The zero-order valence-electron chi connectivity index (χ0n) is 19.5. The van der Waals surface area contributed by atoms with Crippen molar-refractivity contribution in [1.29, 1.82) is 0 Å². The van der Waals surface area contributed by atoms with Crippen molar-refractivity contribution in [1.82, 2.24) is 20.9 Å². The molecule has 2 atom stereocenters. The molecule has 1 aromatic heterocycles. The monoisotopic (exact) mass is 492 g/mol. The third-order valence-electron chi connectivity index (χ3n) is 5.38. The molecular weight excluding hydrogens is 463 g/mol. The van der Waals surface area contributed by atoms with Crippen LogP contribution in [0.3, 0.4) is 0 Å². The first-order chi connectivity index (χ1) is 16.3. The number of hydrogen-bond acceptors (Lipinski definition) is 6. The van der Waals surface area contributed by atoms with Crippen LogP contribution in [-0.2, 0) is 20.9 Å². The average molecular weight is 493 g/mol. The van der Waals surface area contributed by atoms with Gasteiger partial charge in [-0.15, -0.1) is 0 Å². The Balaban J connectivity index is 1.74. The van der Waals surface area contributed by atoms with Gasteiger partial charge in [-0.3, -0.25) is 14.9 Å². The Labute approximate surface area is 203 Å². The molecule has 184 valence electrons. The molecule has 1 aromatic carbocycles. The van der Waals surface area contributed by atoms with E-state index >= 15 is 4.39 Å². The summed E-state index contributed by atoms with van der Waals surface area (Å²) in [6, 6.07) is 6.22. The summed E-state index contributed by atoms with van der Waals surface area (Å²) >= 11 is 6.32. The minimum Gasteiger partial charge on any atom is -0.475 e. The molecule has 2 aromatic rings. The van der Waals surface area contributed by atoms with Gasteiger partial charge < -0.3 is 20.1 Å². The van der Waals surface area contributed by atoms with E-state index in [-0.39, 0.29) is 46.8 Å². The number of carbonyl (C=O) groups excluding carboxylic acids is 2. The van der Waals surface area contributed by atoms with Crippen molar-refractivity contribution in [3.05, 3.63) is 58.0 Å². The predicted octanol–water partition coefficient (Wildman–Crippen LogP) is 3.41. The number of pyridine rings is 1. The minimum absolute atomic E-state index is 0.0196. The minimum atomic E-state index is -0.846. The fraction of sp³-hybridized carbons (Fsp3) is 0.458. The van der Waals surface area contributed by atoms with Gasteiger partial charge in [0.05, 0.1) is 11.6 Å². The maximum atomic E-state index is 15.4. The van der Waals surface area contributed by atoms with Gasteiger partial charge in [0.2, 0.25) is 17.7 Å². The highest BCUT2D eigenvalue weighted by Crippen LogP contribution is 2.32. The first-order valence-corrected chi connectivity index (χ1v) is 11.6. The molecule has 0 saturated carbocycles. The summed E-state index contributed by atoms with van der Waals surface area (Å²) in [7, 11) is 0. The van der Waals surface area contributed by atoms with Crippen molar-refractivity contribution in [2.45, 2.75) is 45.9 Å². The number of nitrogens with one attached hydrogen (secondary N) is 3. The van der Waals surface area contributed by atoms with Gasteiger partial charge in [0, 0.05) is 54.9 Å². The zero-order valence-corrected chi connectivity index (χ0v) is 20.2. The normalized spacial score (nSPS) is 18.0. The summed E-state index contributed by atoms with van der Waals surface area (Å²) in [5, 5.41) is 8.87. The van der Waals surface area contributed by atoms with E-state index < -0.39 is 18.0 Å². The van der Waals surface area contributed by atoms with E-state index in [1.807, 2.05) is 13.0 Å². The third-order valence-corrected chi connectivity index (χ3v) is 5.71. The highest BCUT2D eigenvalue weighted by molar-refractivity contribution is 6.31. The van der Waals surface area contributed by atoms with E-state index in [0.717, 1.165) is 5.56 Å². The van der Waals surface area contributed by atoms with Gasteiger partial charge in [0.25, 0.3) is 0 Å². The molecule has 34 heavy (non-hydrogen) atoms. The fourth-order valence-corrected chi connectivity index (χ4v) is 3.77. The smallest absolute Gasteiger partial charge is 0.223 e. The molecule has 0 aliphatic carbocycles. The van der Waals surface area contributed by atoms with Gasteiger partial charge >= 0.3 is 0 Å². The van der Waals surface area contributed by atoms with Crippen LogP contribution >= 0.6 is 11.6 Å². The molecule has 1 aliphatic heterocycles. The number of halogens is 2. The van der Waals surface area contributed by atoms with E-state index in [1.54, 1.807) is 32.2 Å². The zero-order chi connectivity index (χ0) is 24.7. The summed E-state index contributed by atoms with van der Waals surface area (Å²) < 4.78 is 26.1. The summed E-state index contributed by atoms with van der Waals surface area (Å²) in [6.45, 7) is 6.92. The molecule has 2 unspecified atom stereocenters. The molecule has 8 nitrogen and oxygen atoms in total. The molecule has 2 amide bonds. The van der Waals surface area contributed by atoms with E-state index in [9.17, 15) is 9.59 Å². The molecule has 0 bridgehead atoms. The maximum Gasteiger partial charge on any atom is 0.223 e. The first-order valence-electron chi connectivity index (χ1n) is 11.3. The van der Waals surface area contributed by atoms with Crippen LogP contribution < -0.4 is 20.7 Å². The Bertz CT molecular complexity index is 1000. The van der Waals surface area contributed by atoms with E-state index in [4.69, 9.17) is 21.1 Å². The van der Waals surface area contributed by atoms with Crippen LogP contribution in [0.25, 0.3) is 0 Å². The van der Waals surface area contributed by atoms with Gasteiger partial charge in [0.15, 0.2) is 0 Å². The quantitative estimate of drug-likeness (QED) is 0.439. The Morgan fingerprint density at radius 1 is 1.29 bits per heavy atom. The molecule has 10 heteroatoms. The van der Waals surface area contributed by atoms with Gasteiger partial charge in [-0.25, -0.2) is 9.37 Å². The van der Waals surface area contributed by atoms with E-state index in [1.165, 1.54) is 6.07 Å². The molecule has 2 heterocycles. The van der Waals surface area contributed by atoms with Crippen molar-refractivity contribution >= 4 is 23.4 Å². The maximum absolute atomic E-state index is 15.4. The molecule has 0 spiro atoms. The predicted molar refractivity (Wildman–Crippen MR) is 126 cm³/mol. The Hall–Kier alpha value is -2.75. The molecule has 0 radical (unpaired) electrons. The lowest BCUT2D eigenvalue weighted by molar-refractivity contribution is -0.125. The average Bonchev–Trinajstić information content (AvgIpc) is 2.81. The van der Waals surface area contributed by atoms with Crippen molar-refractivity contribution in [3.63, 3.8) is 0 Å². The van der Waals surface area contributed by atoms with Crippen molar-refractivity contribution in [3.8, 4) is 5.88 Å². The topological polar surface area (TPSA) is 102 Å². The second-order valence-electron chi connectivity index (χ2n) is 8.21. The molecule has 3 rings (SSSR count). The van der Waals surface area contributed by atoms with Crippen LogP contribution in [0.2, 0.25) is 5.02 Å². The first kappa shape index (κ1) is 25.9. The Kier molecular flexibility index (Phi) is 9.20. The number of benzene rings is 1. The number of amides is 2. The SMILES string of the molecule is CCOCCOc1ccc(C2CC(=O)NC(c3c(Cl)ccc(CNC(=O)C(C)C)c3F)N2)cn1. The number of hydrogen-bond donors (Lipinski definition) is 3. The lowest BCUT2D eigenvalue weighted by Crippen LogP contribution is -2.47. The summed E-state index contributed by atoms with van der Waals surface area (Å²) in [5.41, 5.74) is 1.16. The third kappa shape index (κ3) is 6.65. The van der Waals surface area contributed by atoms with Crippen molar-refractivity contribution < 1.29 is 23.5 Å². The van der Waals surface area contributed by atoms with Crippen LogP contribution in [0.5, 0.6) is 5.88 Å². The number of aromatic nitrogens is 1. The standard InChI is InChI=1S/C24H30ClFN4O4/c1-4-33-9-10-34-20-8-6-15(12-27-20)18-11-19(31)30-23(29-18)21-17(25)7-5-16(22(21)26)13-28-24(32)14(2)3/h5-8,12,14,18,23,29H,4,9-11,13H2,1-3H3,(H,28,32)(H,30,31). The van der Waals surface area contributed by atoms with Crippen LogP contribution in [0, 0.1) is 11.7 Å². The van der Waals surface area contributed by atoms with E-state index in [2.05, 4.69) is 20.9 Å². The Morgan fingerprint density at radius 2 is 2.09 bits per heavy atom. The lowest BCUT2D eigenvalue weighted by Gasteiger charge is -2.33. The lowest BCUT2D eigenvalue weighted by atomic mass is 9.99. The van der Waals surface area contributed by atoms with Crippen LogP contribution in [-0.4, -0.2) is 36.6 Å². The molecular formula is C24H30ClFN4O4. The van der Waals surface area contributed by atoms with Gasteiger partial charge in [0.1, 0.15) is 18.6 Å². The molecule has 1 saturated heterocycles. The highest BCUT2D eigenvalue weighted by atomic mass is 35.5. The van der Waals surface area contributed by atoms with E-state index in [0.29, 0.717) is 25.7 Å².